The van der Waals surface area contributed by atoms with Crippen LogP contribution in [0.2, 0.25) is 0 Å². The van der Waals surface area contributed by atoms with Gasteiger partial charge in [0.1, 0.15) is 5.75 Å². The lowest BCUT2D eigenvalue weighted by atomic mass is 10.0. The van der Waals surface area contributed by atoms with Gasteiger partial charge in [0.05, 0.1) is 19.3 Å². The van der Waals surface area contributed by atoms with Crippen molar-refractivity contribution in [3.8, 4) is 11.4 Å². The number of nitrogens with zero attached hydrogens (tertiary/aromatic N) is 7. The van der Waals surface area contributed by atoms with Crippen LogP contribution >= 0.6 is 0 Å². The second kappa shape index (κ2) is 8.96. The van der Waals surface area contributed by atoms with Crippen molar-refractivity contribution in [2.24, 2.45) is 0 Å². The van der Waals surface area contributed by atoms with Gasteiger partial charge >= 0.3 is 0 Å². The molecule has 1 fully saturated rings. The zero-order valence-corrected chi connectivity index (χ0v) is 18.2. The van der Waals surface area contributed by atoms with Crippen molar-refractivity contribution < 1.29 is 9.53 Å². The molecule has 0 atom stereocenters. The molecule has 32 heavy (non-hydrogen) atoms. The molecule has 1 amide bonds. The van der Waals surface area contributed by atoms with Crippen LogP contribution in [-0.4, -0.2) is 77.4 Å². The van der Waals surface area contributed by atoms with Crippen molar-refractivity contribution in [3.63, 3.8) is 0 Å². The lowest BCUT2D eigenvalue weighted by Gasteiger charge is -2.36. The van der Waals surface area contributed by atoms with E-state index in [0.29, 0.717) is 6.54 Å². The number of aromatic nitrogens is 4. The summed E-state index contributed by atoms with van der Waals surface area (Å²) in [7, 11) is 1.67. The fourth-order valence-electron chi connectivity index (χ4n) is 4.46. The Morgan fingerprint density at radius 2 is 1.84 bits per heavy atom. The van der Waals surface area contributed by atoms with Crippen LogP contribution in [0.25, 0.3) is 5.69 Å². The van der Waals surface area contributed by atoms with Crippen LogP contribution < -0.4 is 14.5 Å². The van der Waals surface area contributed by atoms with E-state index in [9.17, 15) is 4.79 Å². The first-order valence-corrected chi connectivity index (χ1v) is 11.0. The number of carbonyl (C=O) groups excluding carboxylic acids is 1. The summed E-state index contributed by atoms with van der Waals surface area (Å²) in [6.07, 6.45) is 1.95. The van der Waals surface area contributed by atoms with Gasteiger partial charge in [-0.1, -0.05) is 23.3 Å². The Kier molecular flexibility index (Phi) is 5.72. The molecule has 9 nitrogen and oxygen atoms in total. The minimum Gasteiger partial charge on any atom is -0.497 e. The first-order chi connectivity index (χ1) is 15.7. The van der Waals surface area contributed by atoms with E-state index >= 15 is 0 Å². The number of amides is 1. The number of methoxy groups -OCH3 is 1. The summed E-state index contributed by atoms with van der Waals surface area (Å²) >= 11 is 0. The standard InChI is InChI=1S/C23H27N7O2/c1-32-20-9-10-21-18(16-20)6-5-11-29(21)22(31)17-27-12-14-28(15-13-27)23-24-25-26-30(23)19-7-3-2-4-8-19/h2-4,7-10,16H,5-6,11-15,17H2,1H3. The van der Waals surface area contributed by atoms with Gasteiger partial charge in [0.2, 0.25) is 11.9 Å². The van der Waals surface area contributed by atoms with Gasteiger partial charge in [-0.15, -0.1) is 0 Å². The number of fused-ring (bicyclic) bond motifs is 1. The van der Waals surface area contributed by atoms with Crippen molar-refractivity contribution in [2.45, 2.75) is 12.8 Å². The highest BCUT2D eigenvalue weighted by Crippen LogP contribution is 2.30. The Morgan fingerprint density at radius 1 is 1.03 bits per heavy atom. The molecular weight excluding hydrogens is 406 g/mol. The summed E-state index contributed by atoms with van der Waals surface area (Å²) in [6.45, 7) is 4.31. The number of benzene rings is 2. The van der Waals surface area contributed by atoms with E-state index in [1.807, 2.05) is 53.4 Å². The summed E-state index contributed by atoms with van der Waals surface area (Å²) in [4.78, 5) is 19.5. The number of hydrogen-bond donors (Lipinski definition) is 0. The SMILES string of the molecule is COc1ccc2c(c1)CCCN2C(=O)CN1CCN(c2nnnn2-c2ccccc2)CC1. The third-order valence-electron chi connectivity index (χ3n) is 6.17. The maximum atomic E-state index is 13.1. The molecule has 2 aromatic carbocycles. The van der Waals surface area contributed by atoms with E-state index in [1.54, 1.807) is 11.8 Å². The summed E-state index contributed by atoms with van der Waals surface area (Å²) in [5.74, 6) is 1.73. The number of piperazine rings is 1. The first kappa shape index (κ1) is 20.4. The second-order valence-corrected chi connectivity index (χ2v) is 8.13. The molecule has 3 heterocycles. The Morgan fingerprint density at radius 3 is 2.62 bits per heavy atom. The maximum absolute atomic E-state index is 13.1. The largest absolute Gasteiger partial charge is 0.497 e. The van der Waals surface area contributed by atoms with Crippen molar-refractivity contribution in [1.29, 1.82) is 0 Å². The molecule has 0 unspecified atom stereocenters. The molecule has 9 heteroatoms. The van der Waals surface area contributed by atoms with Crippen LogP contribution in [0.1, 0.15) is 12.0 Å². The van der Waals surface area contributed by atoms with Crippen LogP contribution in [0.3, 0.4) is 0 Å². The van der Waals surface area contributed by atoms with Gasteiger partial charge in [0.15, 0.2) is 0 Å². The van der Waals surface area contributed by atoms with E-state index in [2.05, 4.69) is 25.3 Å². The molecule has 5 rings (SSSR count). The summed E-state index contributed by atoms with van der Waals surface area (Å²) < 4.78 is 7.11. The Labute approximate surface area is 187 Å². The van der Waals surface area contributed by atoms with Crippen LogP contribution in [-0.2, 0) is 11.2 Å². The van der Waals surface area contributed by atoms with Crippen molar-refractivity contribution >= 4 is 17.5 Å². The summed E-state index contributed by atoms with van der Waals surface area (Å²) in [5.41, 5.74) is 3.13. The third-order valence-corrected chi connectivity index (χ3v) is 6.17. The molecule has 3 aromatic rings. The molecule has 2 aliphatic heterocycles. The third kappa shape index (κ3) is 4.03. The zero-order chi connectivity index (χ0) is 21.9. The van der Waals surface area contributed by atoms with Gasteiger partial charge in [-0.05, 0) is 59.2 Å². The van der Waals surface area contributed by atoms with Gasteiger partial charge in [0, 0.05) is 38.4 Å². The second-order valence-electron chi connectivity index (χ2n) is 8.13. The number of carbonyl (C=O) groups is 1. The number of rotatable bonds is 5. The molecule has 0 aliphatic carbocycles. The molecule has 0 saturated carbocycles. The van der Waals surface area contributed by atoms with E-state index in [-0.39, 0.29) is 5.91 Å². The van der Waals surface area contributed by atoms with Gasteiger partial charge in [-0.3, -0.25) is 9.69 Å². The predicted octanol–water partition coefficient (Wildman–Crippen LogP) is 1.77. The average Bonchev–Trinajstić information content (AvgIpc) is 3.34. The lowest BCUT2D eigenvalue weighted by Crippen LogP contribution is -2.51. The zero-order valence-electron chi connectivity index (χ0n) is 18.2. The molecular formula is C23H27N7O2. The highest BCUT2D eigenvalue weighted by molar-refractivity contribution is 5.96. The Balaban J connectivity index is 1.22. The number of tetrazole rings is 1. The fraction of sp³-hybridized carbons (Fsp3) is 0.391. The summed E-state index contributed by atoms with van der Waals surface area (Å²) in [5, 5.41) is 12.3. The average molecular weight is 434 g/mol. The molecule has 0 radical (unpaired) electrons. The molecule has 2 aliphatic rings. The van der Waals surface area contributed by atoms with Crippen LogP contribution in [0.5, 0.6) is 5.75 Å². The fourth-order valence-corrected chi connectivity index (χ4v) is 4.46. The minimum atomic E-state index is 0.152. The van der Waals surface area contributed by atoms with Crippen LogP contribution in [0.15, 0.2) is 48.5 Å². The molecule has 0 N–H and O–H groups in total. The first-order valence-electron chi connectivity index (χ1n) is 11.0. The quantitative estimate of drug-likeness (QED) is 0.607. The highest BCUT2D eigenvalue weighted by atomic mass is 16.5. The van der Waals surface area contributed by atoms with Crippen molar-refractivity contribution in [3.05, 3.63) is 54.1 Å². The lowest BCUT2D eigenvalue weighted by molar-refractivity contribution is -0.119. The normalized spacial score (nSPS) is 16.7. The van der Waals surface area contributed by atoms with Gasteiger partial charge < -0.3 is 14.5 Å². The molecule has 1 aromatic heterocycles. The molecule has 0 spiro atoms. The van der Waals surface area contributed by atoms with Gasteiger partial charge in [-0.25, -0.2) is 0 Å². The Bertz CT molecular complexity index is 1080. The number of anilines is 2. The molecule has 1 saturated heterocycles. The maximum Gasteiger partial charge on any atom is 0.250 e. The number of para-hydroxylation sites is 1. The molecule has 166 valence electrons. The Hall–Kier alpha value is -3.46. The molecule has 0 bridgehead atoms. The van der Waals surface area contributed by atoms with Gasteiger partial charge in [0.25, 0.3) is 0 Å². The van der Waals surface area contributed by atoms with Crippen molar-refractivity contribution in [2.75, 3.05) is 56.2 Å². The monoisotopic (exact) mass is 433 g/mol. The number of ether oxygens (including phenoxy) is 1. The van der Waals surface area contributed by atoms with Crippen LogP contribution in [0, 0.1) is 0 Å². The van der Waals surface area contributed by atoms with E-state index < -0.39 is 0 Å². The van der Waals surface area contributed by atoms with Gasteiger partial charge in [-0.2, -0.15) is 4.68 Å². The van der Waals surface area contributed by atoms with Crippen LogP contribution in [0.4, 0.5) is 11.6 Å². The van der Waals surface area contributed by atoms with E-state index in [0.717, 1.165) is 68.6 Å². The number of hydrogen-bond acceptors (Lipinski definition) is 7. The topological polar surface area (TPSA) is 79.6 Å². The van der Waals surface area contributed by atoms with E-state index in [4.69, 9.17) is 4.74 Å². The predicted molar refractivity (Wildman–Crippen MR) is 121 cm³/mol. The van der Waals surface area contributed by atoms with E-state index in [1.165, 1.54) is 5.56 Å². The highest BCUT2D eigenvalue weighted by Gasteiger charge is 2.27. The smallest absolute Gasteiger partial charge is 0.250 e. The summed E-state index contributed by atoms with van der Waals surface area (Å²) in [6, 6.07) is 15.9. The van der Waals surface area contributed by atoms with Crippen molar-refractivity contribution in [1.82, 2.24) is 25.1 Å². The minimum absolute atomic E-state index is 0.152. The number of aryl methyl sites for hydroxylation is 1.